The molecular weight excluding hydrogens is 338 g/mol. The molecule has 0 amide bonds. The summed E-state index contributed by atoms with van der Waals surface area (Å²) in [6.07, 6.45) is 3.17. The van der Waals surface area contributed by atoms with Crippen LogP contribution in [0.4, 0.5) is 0 Å². The number of ether oxygens (including phenoxy) is 1. The summed E-state index contributed by atoms with van der Waals surface area (Å²) in [5.74, 6) is 0. The number of halogens is 1. The minimum absolute atomic E-state index is 0.209. The minimum atomic E-state index is -0.209. The van der Waals surface area contributed by atoms with E-state index in [1.807, 2.05) is 6.07 Å². The van der Waals surface area contributed by atoms with Crippen molar-refractivity contribution in [3.05, 3.63) is 51.5 Å². The molecule has 0 radical (unpaired) electrons. The van der Waals surface area contributed by atoms with Gasteiger partial charge in [0.25, 0.3) is 5.56 Å². The van der Waals surface area contributed by atoms with E-state index in [1.165, 1.54) is 4.68 Å². The summed E-state index contributed by atoms with van der Waals surface area (Å²) in [6.45, 7) is 0.505. The molecule has 2 aromatic heterocycles. The van der Waals surface area contributed by atoms with Crippen molar-refractivity contribution in [2.75, 3.05) is 6.61 Å². The molecule has 0 bridgehead atoms. The highest BCUT2D eigenvalue weighted by molar-refractivity contribution is 9.10. The number of hydrogen-bond donors (Lipinski definition) is 0. The predicted molar refractivity (Wildman–Crippen MR) is 79.0 cm³/mol. The fraction of sp³-hybridized carbons (Fsp3) is 0.154. The van der Waals surface area contributed by atoms with Crippen molar-refractivity contribution in [2.45, 2.75) is 6.54 Å². The molecule has 0 saturated carbocycles. The number of fused-ring (bicyclic) bond motifs is 1. The van der Waals surface area contributed by atoms with Gasteiger partial charge in [0.1, 0.15) is 12.1 Å². The van der Waals surface area contributed by atoms with Crippen LogP contribution in [0.25, 0.3) is 10.9 Å². The topological polar surface area (TPSA) is 82.8 Å². The van der Waals surface area contributed by atoms with E-state index in [9.17, 15) is 4.79 Å². The lowest BCUT2D eigenvalue weighted by atomic mass is 10.2. The molecule has 0 spiro atoms. The van der Waals surface area contributed by atoms with E-state index in [-0.39, 0.29) is 24.7 Å². The summed E-state index contributed by atoms with van der Waals surface area (Å²) >= 11 is 3.34. The average molecular weight is 348 g/mol. The molecule has 3 aromatic rings. The van der Waals surface area contributed by atoms with E-state index < -0.39 is 0 Å². The number of aromatic nitrogens is 5. The zero-order chi connectivity index (χ0) is 14.7. The van der Waals surface area contributed by atoms with Gasteiger partial charge in [0, 0.05) is 16.9 Å². The summed E-state index contributed by atoms with van der Waals surface area (Å²) in [5.41, 5.74) is 0.352. The molecular formula is C13H10BrN5O2. The van der Waals surface area contributed by atoms with E-state index in [0.29, 0.717) is 10.9 Å². The molecule has 0 N–H and O–H groups in total. The van der Waals surface area contributed by atoms with Crippen molar-refractivity contribution in [1.82, 2.24) is 25.0 Å². The highest BCUT2D eigenvalue weighted by Gasteiger charge is 2.06. The Labute approximate surface area is 127 Å². The van der Waals surface area contributed by atoms with E-state index >= 15 is 0 Å². The molecule has 2 heterocycles. The van der Waals surface area contributed by atoms with Crippen molar-refractivity contribution in [1.29, 1.82) is 0 Å². The predicted octanol–water partition coefficient (Wildman–Crippen LogP) is 1.42. The third kappa shape index (κ3) is 3.05. The second kappa shape index (κ2) is 5.96. The maximum atomic E-state index is 12.3. The van der Waals surface area contributed by atoms with E-state index in [4.69, 9.17) is 4.74 Å². The second-order valence-electron chi connectivity index (χ2n) is 4.16. The first kappa shape index (κ1) is 13.6. The Morgan fingerprint density at radius 1 is 1.24 bits per heavy atom. The number of rotatable bonds is 4. The number of hydrogen-bond acceptors (Lipinski definition) is 6. The summed E-state index contributed by atoms with van der Waals surface area (Å²) < 4.78 is 7.42. The van der Waals surface area contributed by atoms with Crippen LogP contribution < -0.4 is 10.3 Å². The lowest BCUT2D eigenvalue weighted by Gasteiger charge is -2.06. The molecule has 1 aromatic carbocycles. The lowest BCUT2D eigenvalue weighted by molar-refractivity contribution is 0.265. The zero-order valence-corrected chi connectivity index (χ0v) is 12.4. The van der Waals surface area contributed by atoms with Crippen LogP contribution in [0.2, 0.25) is 0 Å². The van der Waals surface area contributed by atoms with Crippen LogP contribution in [0.1, 0.15) is 0 Å². The Balaban J connectivity index is 1.78. The van der Waals surface area contributed by atoms with Crippen LogP contribution in [-0.2, 0) is 6.54 Å². The molecule has 0 aliphatic rings. The van der Waals surface area contributed by atoms with Gasteiger partial charge in [-0.3, -0.25) is 4.79 Å². The van der Waals surface area contributed by atoms with Gasteiger partial charge in [-0.25, -0.2) is 14.6 Å². The summed E-state index contributed by atoms with van der Waals surface area (Å²) in [5, 5.41) is 8.41. The van der Waals surface area contributed by atoms with Gasteiger partial charge in [-0.15, -0.1) is 5.10 Å². The fourth-order valence-electron chi connectivity index (χ4n) is 1.78. The largest absolute Gasteiger partial charge is 0.461 e. The van der Waals surface area contributed by atoms with Gasteiger partial charge >= 0.3 is 6.01 Å². The Kier molecular flexibility index (Phi) is 3.87. The van der Waals surface area contributed by atoms with E-state index in [1.54, 1.807) is 30.6 Å². The smallest absolute Gasteiger partial charge is 0.316 e. The minimum Gasteiger partial charge on any atom is -0.461 e. The summed E-state index contributed by atoms with van der Waals surface area (Å²) in [6, 6.07) is 7.25. The van der Waals surface area contributed by atoms with Gasteiger partial charge in [0.15, 0.2) is 0 Å². The first-order valence-electron chi connectivity index (χ1n) is 6.17. The quantitative estimate of drug-likeness (QED) is 0.709. The number of nitrogens with zero attached hydrogens (tertiary/aromatic N) is 5. The molecule has 0 unspecified atom stereocenters. The first-order chi connectivity index (χ1) is 10.2. The molecule has 106 valence electrons. The molecule has 0 aliphatic heterocycles. The fourth-order valence-corrected chi connectivity index (χ4v) is 2.14. The van der Waals surface area contributed by atoms with Gasteiger partial charge in [-0.05, 0) is 24.3 Å². The number of benzene rings is 1. The Bertz CT molecular complexity index is 822. The molecule has 0 fully saturated rings. The van der Waals surface area contributed by atoms with Crippen molar-refractivity contribution in [3.8, 4) is 6.01 Å². The molecule has 0 saturated heterocycles. The third-order valence-corrected chi connectivity index (χ3v) is 3.25. The summed E-state index contributed by atoms with van der Waals surface area (Å²) in [7, 11) is 0. The molecule has 21 heavy (non-hydrogen) atoms. The van der Waals surface area contributed by atoms with Crippen molar-refractivity contribution in [3.63, 3.8) is 0 Å². The van der Waals surface area contributed by atoms with Crippen molar-refractivity contribution < 1.29 is 4.74 Å². The molecule has 7 nitrogen and oxygen atoms in total. The van der Waals surface area contributed by atoms with E-state index in [2.05, 4.69) is 36.2 Å². The molecule has 8 heteroatoms. The van der Waals surface area contributed by atoms with Crippen LogP contribution in [-0.4, -0.2) is 31.6 Å². The highest BCUT2D eigenvalue weighted by Crippen LogP contribution is 2.14. The van der Waals surface area contributed by atoms with Crippen molar-refractivity contribution >= 4 is 26.8 Å². The Morgan fingerprint density at radius 2 is 2.05 bits per heavy atom. The van der Waals surface area contributed by atoms with Crippen molar-refractivity contribution in [2.24, 2.45) is 0 Å². The normalized spacial score (nSPS) is 10.7. The van der Waals surface area contributed by atoms with Crippen LogP contribution in [0.5, 0.6) is 6.01 Å². The monoisotopic (exact) mass is 347 g/mol. The van der Waals surface area contributed by atoms with Gasteiger partial charge in [0.2, 0.25) is 0 Å². The molecule has 0 atom stereocenters. The summed E-state index contributed by atoms with van der Waals surface area (Å²) in [4.78, 5) is 20.1. The zero-order valence-electron chi connectivity index (χ0n) is 10.8. The average Bonchev–Trinajstić information content (AvgIpc) is 2.51. The van der Waals surface area contributed by atoms with Gasteiger partial charge in [-0.1, -0.05) is 21.1 Å². The van der Waals surface area contributed by atoms with Crippen LogP contribution in [0.3, 0.4) is 0 Å². The molecule has 0 aliphatic carbocycles. The van der Waals surface area contributed by atoms with Gasteiger partial charge in [-0.2, -0.15) is 0 Å². The Morgan fingerprint density at radius 3 is 2.86 bits per heavy atom. The van der Waals surface area contributed by atoms with E-state index in [0.717, 1.165) is 4.47 Å². The lowest BCUT2D eigenvalue weighted by Crippen LogP contribution is -2.27. The maximum absolute atomic E-state index is 12.3. The second-order valence-corrected chi connectivity index (χ2v) is 5.07. The van der Waals surface area contributed by atoms with Crippen LogP contribution in [0.15, 0.2) is 45.9 Å². The standard InChI is InChI=1S/C13H10BrN5O2/c14-9-2-3-11-10(8-9)12(20)19(18-17-11)6-7-21-13-15-4-1-5-16-13/h1-5,8H,6-7H2. The van der Waals surface area contributed by atoms with Gasteiger partial charge < -0.3 is 4.74 Å². The first-order valence-corrected chi connectivity index (χ1v) is 6.96. The van der Waals surface area contributed by atoms with Crippen LogP contribution >= 0.6 is 15.9 Å². The van der Waals surface area contributed by atoms with Gasteiger partial charge in [0.05, 0.1) is 11.9 Å². The molecule has 3 rings (SSSR count). The highest BCUT2D eigenvalue weighted by atomic mass is 79.9. The SMILES string of the molecule is O=c1c2cc(Br)ccc2nnn1CCOc1ncccn1. The third-order valence-electron chi connectivity index (χ3n) is 2.76. The maximum Gasteiger partial charge on any atom is 0.316 e. The Hall–Kier alpha value is -2.35. The van der Waals surface area contributed by atoms with Crippen LogP contribution in [0, 0.1) is 0 Å².